The summed E-state index contributed by atoms with van der Waals surface area (Å²) >= 11 is 0. The van der Waals surface area contributed by atoms with Crippen LogP contribution >= 0.6 is 10.9 Å². The van der Waals surface area contributed by atoms with Gasteiger partial charge in [-0.1, -0.05) is 0 Å². The Bertz CT molecular complexity index is 921. The summed E-state index contributed by atoms with van der Waals surface area (Å²) < 4.78 is 28.0. The number of aromatic hydroxyl groups is 1. The summed E-state index contributed by atoms with van der Waals surface area (Å²) in [6, 6.07) is 14.3. The van der Waals surface area contributed by atoms with Crippen molar-refractivity contribution in [2.75, 3.05) is 5.73 Å². The van der Waals surface area contributed by atoms with E-state index in [0.717, 1.165) is 6.07 Å². The molecule has 0 aromatic heterocycles. The number of hydrogen-bond donors (Lipinski definition) is 5. The van der Waals surface area contributed by atoms with Crippen LogP contribution in [-0.2, 0) is 0 Å². The number of phenolic OH excluding ortho intramolecular Hbond substituents is 1. The molecule has 124 valence electrons. The van der Waals surface area contributed by atoms with Crippen LogP contribution in [0, 0.1) is 0 Å². The highest BCUT2D eigenvalue weighted by molar-refractivity contribution is 8.19. The summed E-state index contributed by atoms with van der Waals surface area (Å²) in [5, 5.41) is 19.1. The summed E-state index contributed by atoms with van der Waals surface area (Å²) in [4.78, 5) is -0.167. The molecule has 0 saturated carbocycles. The average molecular weight is 345 g/mol. The van der Waals surface area contributed by atoms with Crippen molar-refractivity contribution in [3.8, 4) is 5.75 Å². The zero-order valence-corrected chi connectivity index (χ0v) is 13.2. The summed E-state index contributed by atoms with van der Waals surface area (Å²) in [7, 11) is -3.91. The molecule has 0 spiro atoms. The standard InChI is InChI=1S/C16H15N3O4S/c17-11-1-3-12(4-2-11)18-19-13-5-6-15-10(7-13)8-14(9-16(15)20)24(21,22)23/h1-9,20-23H,17H2. The number of rotatable bonds is 3. The Labute approximate surface area is 139 Å². The maximum atomic E-state index is 9.95. The van der Waals surface area contributed by atoms with E-state index in [4.69, 9.17) is 5.73 Å². The fourth-order valence-electron chi connectivity index (χ4n) is 2.19. The molecule has 0 fully saturated rings. The predicted molar refractivity (Wildman–Crippen MR) is 94.4 cm³/mol. The third-order valence-electron chi connectivity index (χ3n) is 3.38. The highest BCUT2D eigenvalue weighted by Gasteiger charge is 2.18. The van der Waals surface area contributed by atoms with E-state index in [9.17, 15) is 18.8 Å². The van der Waals surface area contributed by atoms with Gasteiger partial charge >= 0.3 is 0 Å². The van der Waals surface area contributed by atoms with Crippen molar-refractivity contribution < 1.29 is 18.8 Å². The van der Waals surface area contributed by atoms with Crippen LogP contribution in [-0.4, -0.2) is 18.8 Å². The molecule has 0 saturated heterocycles. The third kappa shape index (κ3) is 3.47. The minimum absolute atomic E-state index is 0.167. The Morgan fingerprint density at radius 1 is 0.792 bits per heavy atom. The van der Waals surface area contributed by atoms with Crippen molar-refractivity contribution in [1.82, 2.24) is 0 Å². The van der Waals surface area contributed by atoms with E-state index in [1.807, 2.05) is 0 Å². The Hall–Kier alpha value is -2.65. The molecule has 0 aliphatic carbocycles. The topological polar surface area (TPSA) is 132 Å². The van der Waals surface area contributed by atoms with Gasteiger partial charge in [0.25, 0.3) is 0 Å². The first-order valence-electron chi connectivity index (χ1n) is 6.88. The Kier molecular flexibility index (Phi) is 4.12. The summed E-state index contributed by atoms with van der Waals surface area (Å²) in [6.45, 7) is 0. The van der Waals surface area contributed by atoms with Crippen LogP contribution in [0.3, 0.4) is 0 Å². The van der Waals surface area contributed by atoms with Crippen molar-refractivity contribution in [3.05, 3.63) is 54.6 Å². The van der Waals surface area contributed by atoms with E-state index < -0.39 is 10.9 Å². The highest BCUT2D eigenvalue weighted by atomic mass is 32.3. The first kappa shape index (κ1) is 16.2. The Balaban J connectivity index is 1.99. The first-order chi connectivity index (χ1) is 11.3. The van der Waals surface area contributed by atoms with Gasteiger partial charge in [-0.3, -0.25) is 0 Å². The summed E-state index contributed by atoms with van der Waals surface area (Å²) in [5.74, 6) is -0.168. The molecule has 0 amide bonds. The normalized spacial score (nSPS) is 12.8. The van der Waals surface area contributed by atoms with Gasteiger partial charge in [0, 0.05) is 11.1 Å². The van der Waals surface area contributed by atoms with E-state index >= 15 is 0 Å². The molecule has 3 aromatic carbocycles. The maximum absolute atomic E-state index is 9.95. The van der Waals surface area contributed by atoms with Gasteiger partial charge in [-0.25, -0.2) is 0 Å². The van der Waals surface area contributed by atoms with E-state index in [1.165, 1.54) is 6.07 Å². The highest BCUT2D eigenvalue weighted by Crippen LogP contribution is 2.46. The largest absolute Gasteiger partial charge is 0.507 e. The van der Waals surface area contributed by atoms with Crippen LogP contribution in [0.1, 0.15) is 0 Å². The second kappa shape index (κ2) is 6.10. The van der Waals surface area contributed by atoms with Gasteiger partial charge in [-0.15, -0.1) is 0 Å². The van der Waals surface area contributed by atoms with Crippen LogP contribution in [0.5, 0.6) is 5.75 Å². The molecule has 0 heterocycles. The predicted octanol–water partition coefficient (Wildman–Crippen LogP) is 5.13. The number of fused-ring (bicyclic) bond motifs is 1. The van der Waals surface area contributed by atoms with E-state index in [0.29, 0.717) is 27.8 Å². The molecule has 0 bridgehead atoms. The number of benzene rings is 3. The van der Waals surface area contributed by atoms with Crippen LogP contribution in [0.25, 0.3) is 10.8 Å². The van der Waals surface area contributed by atoms with Crippen molar-refractivity contribution in [2.45, 2.75) is 4.90 Å². The third-order valence-corrected chi connectivity index (χ3v) is 4.25. The lowest BCUT2D eigenvalue weighted by Gasteiger charge is -2.20. The lowest BCUT2D eigenvalue weighted by atomic mass is 10.1. The second-order valence-electron chi connectivity index (χ2n) is 5.16. The first-order valence-corrected chi connectivity index (χ1v) is 8.38. The van der Waals surface area contributed by atoms with Gasteiger partial charge in [0.2, 0.25) is 0 Å². The van der Waals surface area contributed by atoms with Crippen molar-refractivity contribution in [2.24, 2.45) is 10.2 Å². The average Bonchev–Trinajstić information content (AvgIpc) is 2.53. The molecule has 8 heteroatoms. The summed E-state index contributed by atoms with van der Waals surface area (Å²) in [6.07, 6.45) is 0. The lowest BCUT2D eigenvalue weighted by molar-refractivity contribution is 0.375. The second-order valence-corrected chi connectivity index (χ2v) is 6.67. The quantitative estimate of drug-likeness (QED) is 0.332. The molecular formula is C16H15N3O4S. The molecule has 0 aliphatic rings. The zero-order chi connectivity index (χ0) is 17.3. The van der Waals surface area contributed by atoms with Gasteiger partial charge < -0.3 is 24.5 Å². The Morgan fingerprint density at radius 3 is 2.08 bits per heavy atom. The molecule has 0 atom stereocenters. The van der Waals surface area contributed by atoms with Gasteiger partial charge in [0.05, 0.1) is 16.3 Å². The van der Waals surface area contributed by atoms with Crippen molar-refractivity contribution >= 4 is 38.7 Å². The van der Waals surface area contributed by atoms with E-state index in [1.54, 1.807) is 42.5 Å². The smallest absolute Gasteiger partial charge is 0.124 e. The van der Waals surface area contributed by atoms with Gasteiger partial charge in [0.1, 0.15) is 16.6 Å². The molecule has 0 radical (unpaired) electrons. The molecule has 6 N–H and O–H groups in total. The van der Waals surface area contributed by atoms with Gasteiger partial charge in [-0.2, -0.15) is 10.2 Å². The zero-order valence-electron chi connectivity index (χ0n) is 12.4. The van der Waals surface area contributed by atoms with Crippen molar-refractivity contribution in [3.63, 3.8) is 0 Å². The fourth-order valence-corrected chi connectivity index (χ4v) is 2.74. The SMILES string of the molecule is Nc1ccc(N=Nc2ccc3c(O)cc(S(O)(O)O)cc3c2)cc1. The molecule has 7 nitrogen and oxygen atoms in total. The van der Waals surface area contributed by atoms with Gasteiger partial charge in [0.15, 0.2) is 0 Å². The molecule has 0 aliphatic heterocycles. The number of phenols is 1. The number of azo groups is 1. The van der Waals surface area contributed by atoms with Crippen molar-refractivity contribution in [1.29, 1.82) is 0 Å². The fraction of sp³-hybridized carbons (Fsp3) is 0. The monoisotopic (exact) mass is 345 g/mol. The van der Waals surface area contributed by atoms with E-state index in [-0.39, 0.29) is 10.6 Å². The van der Waals surface area contributed by atoms with Crippen LogP contribution in [0.2, 0.25) is 0 Å². The minimum atomic E-state index is -3.91. The molecule has 3 aromatic rings. The summed E-state index contributed by atoms with van der Waals surface area (Å²) in [5.41, 5.74) is 7.37. The number of hydrogen-bond acceptors (Lipinski definition) is 7. The number of anilines is 1. The lowest BCUT2D eigenvalue weighted by Crippen LogP contribution is -1.95. The van der Waals surface area contributed by atoms with Crippen LogP contribution in [0.15, 0.2) is 69.7 Å². The Morgan fingerprint density at radius 2 is 1.42 bits per heavy atom. The number of nitrogens with zero attached hydrogens (tertiary/aromatic N) is 2. The molecular weight excluding hydrogens is 330 g/mol. The minimum Gasteiger partial charge on any atom is -0.507 e. The van der Waals surface area contributed by atoms with Crippen LogP contribution < -0.4 is 5.73 Å². The number of nitrogens with two attached hydrogens (primary N) is 1. The van der Waals surface area contributed by atoms with E-state index in [2.05, 4.69) is 10.2 Å². The number of nitrogen functional groups attached to an aromatic ring is 1. The van der Waals surface area contributed by atoms with Gasteiger partial charge in [-0.05, 0) is 60.0 Å². The van der Waals surface area contributed by atoms with Crippen LogP contribution in [0.4, 0.5) is 17.1 Å². The maximum Gasteiger partial charge on any atom is 0.124 e. The molecule has 0 unspecified atom stereocenters. The molecule has 24 heavy (non-hydrogen) atoms. The molecule has 3 rings (SSSR count).